The molecule has 0 spiro atoms. The Morgan fingerprint density at radius 2 is 1.68 bits per heavy atom. The first kappa shape index (κ1) is 22.4. The topological polar surface area (TPSA) is 84.0 Å². The molecule has 1 saturated heterocycles. The largest absolute Gasteiger partial charge is 0.494 e. The number of nitrogens with zero attached hydrogens (tertiary/aromatic N) is 3. The van der Waals surface area contributed by atoms with E-state index in [0.29, 0.717) is 44.2 Å². The Kier molecular flexibility index (Phi) is 6.99. The van der Waals surface area contributed by atoms with Gasteiger partial charge in [0.2, 0.25) is 0 Å². The molecule has 1 aliphatic heterocycles. The van der Waals surface area contributed by atoms with Crippen molar-refractivity contribution in [2.75, 3.05) is 38.1 Å². The number of hydrogen-bond acceptors (Lipinski definition) is 6. The van der Waals surface area contributed by atoms with Crippen LogP contribution >= 0.6 is 0 Å². The van der Waals surface area contributed by atoms with Gasteiger partial charge in [0, 0.05) is 38.1 Å². The standard InChI is InChI=1S/C23H30N4O4/c1-5-30-18-10-8-17(9-11-18)25-20-19(7-6-12-24-20)21(28)26-13-15-27(16-14-26)22(29)31-23(2,3)4/h6-12H,5,13-16H2,1-4H3,(H,24,25). The smallest absolute Gasteiger partial charge is 0.410 e. The van der Waals surface area contributed by atoms with E-state index in [2.05, 4.69) is 10.3 Å². The molecule has 2 amide bonds. The molecule has 2 heterocycles. The highest BCUT2D eigenvalue weighted by molar-refractivity contribution is 5.99. The summed E-state index contributed by atoms with van der Waals surface area (Å²) < 4.78 is 10.9. The van der Waals surface area contributed by atoms with Crippen molar-refractivity contribution in [3.63, 3.8) is 0 Å². The molecule has 1 aromatic carbocycles. The van der Waals surface area contributed by atoms with Crippen LogP contribution in [0.15, 0.2) is 42.6 Å². The summed E-state index contributed by atoms with van der Waals surface area (Å²) in [5, 5.41) is 3.22. The highest BCUT2D eigenvalue weighted by Gasteiger charge is 2.29. The van der Waals surface area contributed by atoms with E-state index < -0.39 is 5.60 Å². The van der Waals surface area contributed by atoms with Gasteiger partial charge in [-0.25, -0.2) is 9.78 Å². The van der Waals surface area contributed by atoms with E-state index in [-0.39, 0.29) is 12.0 Å². The van der Waals surface area contributed by atoms with E-state index in [1.807, 2.05) is 52.0 Å². The Morgan fingerprint density at radius 1 is 1.03 bits per heavy atom. The molecule has 1 aromatic heterocycles. The minimum Gasteiger partial charge on any atom is -0.494 e. The SMILES string of the molecule is CCOc1ccc(Nc2ncccc2C(=O)N2CCN(C(=O)OC(C)(C)C)CC2)cc1. The first-order valence-corrected chi connectivity index (χ1v) is 10.5. The lowest BCUT2D eigenvalue weighted by Gasteiger charge is -2.35. The maximum atomic E-state index is 13.1. The Morgan fingerprint density at radius 3 is 2.29 bits per heavy atom. The fourth-order valence-corrected chi connectivity index (χ4v) is 3.20. The summed E-state index contributed by atoms with van der Waals surface area (Å²) in [6.45, 7) is 9.80. The number of nitrogens with one attached hydrogen (secondary N) is 1. The fourth-order valence-electron chi connectivity index (χ4n) is 3.20. The normalized spacial score (nSPS) is 14.2. The number of piperazine rings is 1. The summed E-state index contributed by atoms with van der Waals surface area (Å²) in [6, 6.07) is 11.0. The van der Waals surface area contributed by atoms with E-state index in [1.54, 1.807) is 28.1 Å². The van der Waals surface area contributed by atoms with Gasteiger partial charge in [0.15, 0.2) is 0 Å². The van der Waals surface area contributed by atoms with Crippen LogP contribution < -0.4 is 10.1 Å². The van der Waals surface area contributed by atoms with Crippen LogP contribution in [0.4, 0.5) is 16.3 Å². The van der Waals surface area contributed by atoms with Crippen molar-refractivity contribution < 1.29 is 19.1 Å². The lowest BCUT2D eigenvalue weighted by Crippen LogP contribution is -2.51. The molecule has 166 valence electrons. The van der Waals surface area contributed by atoms with Crippen molar-refractivity contribution in [3.05, 3.63) is 48.2 Å². The van der Waals surface area contributed by atoms with E-state index in [0.717, 1.165) is 11.4 Å². The average Bonchev–Trinajstić information content (AvgIpc) is 2.74. The van der Waals surface area contributed by atoms with Crippen LogP contribution in [0, 0.1) is 0 Å². The highest BCUT2D eigenvalue weighted by atomic mass is 16.6. The van der Waals surface area contributed by atoms with Crippen LogP contribution in [-0.4, -0.2) is 65.2 Å². The van der Waals surface area contributed by atoms with Gasteiger partial charge >= 0.3 is 6.09 Å². The molecule has 0 aliphatic carbocycles. The third-order valence-corrected chi connectivity index (χ3v) is 4.68. The van der Waals surface area contributed by atoms with Crippen LogP contribution in [0.2, 0.25) is 0 Å². The van der Waals surface area contributed by atoms with Gasteiger partial charge in [0.1, 0.15) is 17.2 Å². The van der Waals surface area contributed by atoms with Gasteiger partial charge in [0.05, 0.1) is 12.2 Å². The Labute approximate surface area is 183 Å². The second kappa shape index (κ2) is 9.68. The number of hydrogen-bond donors (Lipinski definition) is 1. The summed E-state index contributed by atoms with van der Waals surface area (Å²) >= 11 is 0. The summed E-state index contributed by atoms with van der Waals surface area (Å²) in [4.78, 5) is 33.1. The van der Waals surface area contributed by atoms with Crippen molar-refractivity contribution in [2.24, 2.45) is 0 Å². The number of carbonyl (C=O) groups excluding carboxylic acids is 2. The van der Waals surface area contributed by atoms with Crippen molar-refractivity contribution in [3.8, 4) is 5.75 Å². The number of carbonyl (C=O) groups is 2. The van der Waals surface area contributed by atoms with E-state index in [9.17, 15) is 9.59 Å². The van der Waals surface area contributed by atoms with Gasteiger partial charge in [-0.1, -0.05) is 0 Å². The van der Waals surface area contributed by atoms with Crippen molar-refractivity contribution in [1.29, 1.82) is 0 Å². The number of aromatic nitrogens is 1. The third kappa shape index (κ3) is 6.10. The fraction of sp³-hybridized carbons (Fsp3) is 0.435. The summed E-state index contributed by atoms with van der Waals surface area (Å²) in [5.41, 5.74) is 0.759. The van der Waals surface area contributed by atoms with Crippen molar-refractivity contribution in [1.82, 2.24) is 14.8 Å². The van der Waals surface area contributed by atoms with Gasteiger partial charge in [-0.15, -0.1) is 0 Å². The first-order valence-electron chi connectivity index (χ1n) is 10.5. The van der Waals surface area contributed by atoms with Crippen LogP contribution in [0.25, 0.3) is 0 Å². The zero-order chi connectivity index (χ0) is 22.4. The Bertz CT molecular complexity index is 901. The zero-order valence-electron chi connectivity index (χ0n) is 18.6. The molecule has 3 rings (SSSR count). The van der Waals surface area contributed by atoms with Gasteiger partial charge in [-0.2, -0.15) is 0 Å². The van der Waals surface area contributed by atoms with E-state index >= 15 is 0 Å². The van der Waals surface area contributed by atoms with Gasteiger partial charge in [-0.3, -0.25) is 4.79 Å². The molecule has 1 fully saturated rings. The lowest BCUT2D eigenvalue weighted by atomic mass is 10.2. The van der Waals surface area contributed by atoms with Crippen LogP contribution in [-0.2, 0) is 4.74 Å². The monoisotopic (exact) mass is 426 g/mol. The number of amides is 2. The maximum Gasteiger partial charge on any atom is 0.410 e. The molecule has 31 heavy (non-hydrogen) atoms. The molecule has 0 bridgehead atoms. The number of benzene rings is 1. The molecular weight excluding hydrogens is 396 g/mol. The summed E-state index contributed by atoms with van der Waals surface area (Å²) in [7, 11) is 0. The second-order valence-corrected chi connectivity index (χ2v) is 8.24. The summed E-state index contributed by atoms with van der Waals surface area (Å²) in [5.74, 6) is 1.16. The average molecular weight is 427 g/mol. The van der Waals surface area contributed by atoms with E-state index in [1.165, 1.54) is 0 Å². The quantitative estimate of drug-likeness (QED) is 0.780. The minimum atomic E-state index is -0.540. The molecule has 2 aromatic rings. The maximum absolute atomic E-state index is 13.1. The predicted molar refractivity (Wildman–Crippen MR) is 119 cm³/mol. The molecule has 8 heteroatoms. The Hall–Kier alpha value is -3.29. The lowest BCUT2D eigenvalue weighted by molar-refractivity contribution is 0.0141. The molecule has 0 atom stereocenters. The molecule has 1 aliphatic rings. The van der Waals surface area contributed by atoms with Crippen LogP contribution in [0.5, 0.6) is 5.75 Å². The molecular formula is C23H30N4O4. The molecule has 0 unspecified atom stereocenters. The highest BCUT2D eigenvalue weighted by Crippen LogP contribution is 2.23. The van der Waals surface area contributed by atoms with Crippen molar-refractivity contribution >= 4 is 23.5 Å². The number of rotatable bonds is 5. The molecule has 0 radical (unpaired) electrons. The minimum absolute atomic E-state index is 0.120. The van der Waals surface area contributed by atoms with Gasteiger partial charge < -0.3 is 24.6 Å². The predicted octanol–water partition coefficient (Wildman–Crippen LogP) is 3.92. The summed E-state index contributed by atoms with van der Waals surface area (Å²) in [6.07, 6.45) is 1.30. The molecule has 1 N–H and O–H groups in total. The van der Waals surface area contributed by atoms with Gasteiger partial charge in [-0.05, 0) is 64.1 Å². The third-order valence-electron chi connectivity index (χ3n) is 4.68. The first-order chi connectivity index (χ1) is 14.8. The Balaban J connectivity index is 1.64. The number of pyridine rings is 1. The van der Waals surface area contributed by atoms with Crippen LogP contribution in [0.1, 0.15) is 38.1 Å². The number of ether oxygens (including phenoxy) is 2. The van der Waals surface area contributed by atoms with Crippen molar-refractivity contribution in [2.45, 2.75) is 33.3 Å². The number of anilines is 2. The van der Waals surface area contributed by atoms with E-state index in [4.69, 9.17) is 9.47 Å². The molecule has 8 nitrogen and oxygen atoms in total. The second-order valence-electron chi connectivity index (χ2n) is 8.24. The van der Waals surface area contributed by atoms with Crippen LogP contribution in [0.3, 0.4) is 0 Å². The van der Waals surface area contributed by atoms with Gasteiger partial charge in [0.25, 0.3) is 5.91 Å². The zero-order valence-corrected chi connectivity index (χ0v) is 18.6. The molecule has 0 saturated carbocycles.